The molecule has 0 aliphatic rings. The molecule has 7 N–H and O–H groups in total. The highest BCUT2D eigenvalue weighted by atomic mass is 16.4. The van der Waals surface area contributed by atoms with Crippen molar-refractivity contribution in [2.75, 3.05) is 6.54 Å². The van der Waals surface area contributed by atoms with E-state index >= 15 is 0 Å². The molecule has 0 aromatic rings. The van der Waals surface area contributed by atoms with Crippen LogP contribution in [0.3, 0.4) is 0 Å². The van der Waals surface area contributed by atoms with Crippen LogP contribution in [0.1, 0.15) is 15.6 Å². The van der Waals surface area contributed by atoms with Crippen molar-refractivity contribution in [1.82, 2.24) is 0 Å². The van der Waals surface area contributed by atoms with Crippen LogP contribution in [0.2, 0.25) is 0 Å². The second-order valence-corrected chi connectivity index (χ2v) is 2.06. The quantitative estimate of drug-likeness (QED) is 0.299. The van der Waals surface area contributed by atoms with E-state index in [4.69, 9.17) is 25.0 Å². The number of aliphatic imine (C=N–C) groups is 1. The molecule has 0 heterocycles. The topological polar surface area (TPSA) is 128 Å². The third-order valence-electron chi connectivity index (χ3n) is 1.03. The van der Waals surface area contributed by atoms with Gasteiger partial charge in [-0.3, -0.25) is 9.79 Å². The average Bonchev–Trinajstić information content (AvgIpc) is 2.02. The fourth-order valence-corrected chi connectivity index (χ4v) is 0.501. The zero-order valence-corrected chi connectivity index (χ0v) is 6.53. The summed E-state index contributed by atoms with van der Waals surface area (Å²) in [7, 11) is 0. The monoisotopic (exact) mass is 178 g/mol. The lowest BCUT2D eigenvalue weighted by molar-refractivity contribution is -0.138. The highest BCUT2D eigenvalue weighted by Crippen LogP contribution is 1.94. The fourth-order valence-electron chi connectivity index (χ4n) is 0.501. The molecule has 12 heavy (non-hydrogen) atoms. The Balaban J connectivity index is 4.15. The molecule has 0 spiro atoms. The molecule has 0 amide bonds. The minimum Gasteiger partial charge on any atom is -0.480 e. The molecule has 0 saturated heterocycles. The lowest BCUT2D eigenvalue weighted by Crippen LogP contribution is -2.30. The number of guanidine groups is 1. The van der Waals surface area contributed by atoms with Gasteiger partial charge in [0.2, 0.25) is 0 Å². The fraction of sp³-hybridized carbons (Fsp3) is 0.667. The molecule has 2 atom stereocenters. The molecule has 70 valence electrons. The Hall–Kier alpha value is -1.30. The first-order valence-electron chi connectivity index (χ1n) is 4.36. The molecule has 0 aliphatic carbocycles. The largest absolute Gasteiger partial charge is 0.480 e. The highest BCUT2D eigenvalue weighted by Gasteiger charge is 2.09. The van der Waals surface area contributed by atoms with Crippen molar-refractivity contribution in [2.45, 2.75) is 18.8 Å². The van der Waals surface area contributed by atoms with E-state index in [9.17, 15) is 4.79 Å². The molecule has 0 aromatic heterocycles. The number of nitrogens with two attached hydrogens (primary N) is 3. The summed E-state index contributed by atoms with van der Waals surface area (Å²) in [5.74, 6) is -1.68. The van der Waals surface area contributed by atoms with Gasteiger partial charge in [0.25, 0.3) is 0 Å². The van der Waals surface area contributed by atoms with Crippen LogP contribution < -0.4 is 17.2 Å². The van der Waals surface area contributed by atoms with Crippen LogP contribution in [0.25, 0.3) is 0 Å². The number of carboxylic acid groups (broad SMARTS) is 1. The molecule has 6 heteroatoms. The number of nitrogens with zero attached hydrogens (tertiary/aromatic N) is 1. The summed E-state index contributed by atoms with van der Waals surface area (Å²) in [4.78, 5) is 14.0. The average molecular weight is 178 g/mol. The van der Waals surface area contributed by atoms with Gasteiger partial charge in [0.15, 0.2) is 5.96 Å². The lowest BCUT2D eigenvalue weighted by Gasteiger charge is -2.03. The van der Waals surface area contributed by atoms with E-state index in [1.165, 1.54) is 0 Å². The molecular weight excluding hydrogens is 160 g/mol. The number of carbonyl (C=O) groups is 1. The number of carboxylic acids is 1. The van der Waals surface area contributed by atoms with Crippen LogP contribution in [0.4, 0.5) is 0 Å². The summed E-state index contributed by atoms with van der Waals surface area (Å²) in [6, 6.07) is -2.32. The summed E-state index contributed by atoms with van der Waals surface area (Å²) in [6.07, 6.45) is -1.26. The van der Waals surface area contributed by atoms with Gasteiger partial charge in [0, 0.05) is 7.92 Å². The number of aliphatic carboxylic acids is 1. The molecular formula is C6H14N4O2. The van der Waals surface area contributed by atoms with Gasteiger partial charge < -0.3 is 22.3 Å². The van der Waals surface area contributed by atoms with Gasteiger partial charge in [-0.2, -0.15) is 0 Å². The molecule has 0 aliphatic heterocycles. The Morgan fingerprint density at radius 2 is 2.33 bits per heavy atom. The van der Waals surface area contributed by atoms with Gasteiger partial charge in [0.05, 0.1) is 1.37 Å². The summed E-state index contributed by atoms with van der Waals surface area (Å²) >= 11 is 0. The van der Waals surface area contributed by atoms with Crippen LogP contribution in [-0.4, -0.2) is 29.6 Å². The smallest absolute Gasteiger partial charge is 0.320 e. The molecule has 1 unspecified atom stereocenters. The zero-order valence-electron chi connectivity index (χ0n) is 8.53. The minimum absolute atomic E-state index is 0.0181. The van der Waals surface area contributed by atoms with Crippen LogP contribution in [-0.2, 0) is 4.79 Å². The Morgan fingerprint density at radius 1 is 1.75 bits per heavy atom. The summed E-state index contributed by atoms with van der Waals surface area (Å²) in [6.45, 7) is 0.0849. The predicted molar refractivity (Wildman–Crippen MR) is 45.5 cm³/mol. The Labute approximate surface area is 73.2 Å². The van der Waals surface area contributed by atoms with Crippen molar-refractivity contribution in [2.24, 2.45) is 22.2 Å². The van der Waals surface area contributed by atoms with Crippen LogP contribution in [0.15, 0.2) is 4.99 Å². The third kappa shape index (κ3) is 5.48. The van der Waals surface area contributed by atoms with Gasteiger partial charge >= 0.3 is 5.97 Å². The second kappa shape index (κ2) is 5.36. The molecule has 6 nitrogen and oxygen atoms in total. The summed E-state index contributed by atoms with van der Waals surface area (Å²) < 4.78 is 14.5. The van der Waals surface area contributed by atoms with Gasteiger partial charge in [-0.15, -0.1) is 0 Å². The summed E-state index contributed by atoms with van der Waals surface area (Å²) in [5, 5.41) is 8.50. The maximum atomic E-state index is 10.4. The SMILES string of the molecule is [3H]C(CCN=C(N)N)[C@]([3H])(N)C(=O)O. The van der Waals surface area contributed by atoms with Crippen molar-refractivity contribution in [3.05, 3.63) is 0 Å². The second-order valence-electron chi connectivity index (χ2n) is 2.06. The standard InChI is InChI=1S/C6H14N4O2/c7-4(5(11)12)2-1-3-10-6(8)9/h4H,1-3,7H2,(H,11,12)(H4,8,9,10)/t4-/m0/s1/i2T,4T/t2?,4-. The number of hydrogen-bond acceptors (Lipinski definition) is 3. The van der Waals surface area contributed by atoms with E-state index in [0.29, 0.717) is 0 Å². The van der Waals surface area contributed by atoms with Crippen molar-refractivity contribution >= 4 is 11.9 Å². The Kier molecular flexibility index (Phi) is 3.29. The molecule has 0 rings (SSSR count). The number of hydrogen-bond donors (Lipinski definition) is 4. The zero-order chi connectivity index (χ0) is 11.4. The number of rotatable bonds is 5. The maximum absolute atomic E-state index is 10.4. The van der Waals surface area contributed by atoms with Gasteiger partial charge in [-0.1, -0.05) is 0 Å². The highest BCUT2D eigenvalue weighted by molar-refractivity contribution is 5.75. The molecule has 0 saturated carbocycles. The van der Waals surface area contributed by atoms with Crippen molar-refractivity contribution < 1.29 is 12.6 Å². The van der Waals surface area contributed by atoms with Crippen LogP contribution >= 0.6 is 0 Å². The van der Waals surface area contributed by atoms with E-state index in [1.807, 2.05) is 0 Å². The Morgan fingerprint density at radius 3 is 2.75 bits per heavy atom. The molecule has 0 radical (unpaired) electrons. The first-order valence-corrected chi connectivity index (χ1v) is 3.28. The van der Waals surface area contributed by atoms with E-state index < -0.39 is 18.4 Å². The molecule has 0 bridgehead atoms. The van der Waals surface area contributed by atoms with Crippen LogP contribution in [0.5, 0.6) is 0 Å². The maximum Gasteiger partial charge on any atom is 0.320 e. The molecule has 0 aromatic carbocycles. The summed E-state index contributed by atoms with van der Waals surface area (Å²) in [5.41, 5.74) is 15.1. The minimum atomic E-state index is -2.32. The van der Waals surface area contributed by atoms with E-state index in [-0.39, 0.29) is 18.9 Å². The Bertz CT molecular complexity index is 240. The van der Waals surface area contributed by atoms with Gasteiger partial charge in [-0.05, 0) is 12.8 Å². The van der Waals surface area contributed by atoms with E-state index in [1.54, 1.807) is 0 Å². The normalized spacial score (nSPS) is 19.8. The molecule has 0 fully saturated rings. The van der Waals surface area contributed by atoms with Gasteiger partial charge in [0.1, 0.15) is 6.02 Å². The van der Waals surface area contributed by atoms with Crippen LogP contribution in [0, 0.1) is 0 Å². The van der Waals surface area contributed by atoms with Crippen molar-refractivity contribution in [3.8, 4) is 0 Å². The first-order chi connectivity index (χ1) is 6.28. The van der Waals surface area contributed by atoms with Gasteiger partial charge in [-0.25, -0.2) is 0 Å². The predicted octanol–water partition coefficient (Wildman–Crippen LogP) is -1.55. The van der Waals surface area contributed by atoms with Crippen molar-refractivity contribution in [3.63, 3.8) is 0 Å². The van der Waals surface area contributed by atoms with E-state index in [2.05, 4.69) is 4.99 Å². The van der Waals surface area contributed by atoms with Crippen molar-refractivity contribution in [1.29, 1.82) is 0 Å². The first kappa shape index (κ1) is 7.35. The lowest BCUT2D eigenvalue weighted by atomic mass is 10.2. The van der Waals surface area contributed by atoms with E-state index in [0.717, 1.165) is 0 Å². The third-order valence-corrected chi connectivity index (χ3v) is 1.03.